The number of aryl methyl sites for hydroxylation is 1. The highest BCUT2D eigenvalue weighted by molar-refractivity contribution is 6.53. The maximum Gasteiger partial charge on any atom is 0.253 e. The predicted molar refractivity (Wildman–Crippen MR) is 153 cm³/mol. The van der Waals surface area contributed by atoms with Gasteiger partial charge in [-0.2, -0.15) is 0 Å². The first-order valence-corrected chi connectivity index (χ1v) is 14.6. The van der Waals surface area contributed by atoms with Crippen LogP contribution in [-0.2, 0) is 25.6 Å². The monoisotopic (exact) mass is 596 g/mol. The van der Waals surface area contributed by atoms with Gasteiger partial charge < -0.3 is 9.84 Å². The van der Waals surface area contributed by atoms with E-state index in [9.17, 15) is 24.3 Å². The van der Waals surface area contributed by atoms with Crippen molar-refractivity contribution in [2.45, 2.75) is 48.8 Å². The molecule has 1 N–H and O–H groups in total. The molecule has 6 rings (SSSR count). The highest BCUT2D eigenvalue weighted by Gasteiger charge is 2.75. The Hall–Kier alpha value is -3.36. The lowest BCUT2D eigenvalue weighted by Gasteiger charge is -2.50. The molecule has 2 aliphatic carbocycles. The zero-order chi connectivity index (χ0) is 29.4. The average Bonchev–Trinajstić information content (AvgIpc) is 3.29. The fourth-order valence-electron chi connectivity index (χ4n) is 7.23. The molecule has 8 nitrogen and oxygen atoms in total. The molecule has 10 heteroatoms. The van der Waals surface area contributed by atoms with Gasteiger partial charge in [-0.05, 0) is 67.5 Å². The maximum atomic E-state index is 14.1. The van der Waals surface area contributed by atoms with Crippen molar-refractivity contribution in [1.82, 2.24) is 4.90 Å². The second-order valence-electron chi connectivity index (χ2n) is 11.2. The van der Waals surface area contributed by atoms with Crippen molar-refractivity contribution in [3.63, 3.8) is 0 Å². The number of fused-ring (bicyclic) bond motifs is 4. The van der Waals surface area contributed by atoms with Crippen LogP contribution in [0.25, 0.3) is 0 Å². The molecule has 0 radical (unpaired) electrons. The first kappa shape index (κ1) is 27.8. The first-order chi connectivity index (χ1) is 19.5. The summed E-state index contributed by atoms with van der Waals surface area (Å²) in [5.74, 6) is -4.76. The van der Waals surface area contributed by atoms with Gasteiger partial charge >= 0.3 is 0 Å². The number of carbonyl (C=O) groups is 4. The minimum absolute atomic E-state index is 0.0749. The van der Waals surface area contributed by atoms with Crippen LogP contribution in [0.5, 0.6) is 11.5 Å². The fraction of sp³-hybridized carbons (Fsp3) is 0.419. The molecule has 2 heterocycles. The number of allylic oxidation sites excluding steroid dienone is 2. The Morgan fingerprint density at radius 1 is 0.976 bits per heavy atom. The van der Waals surface area contributed by atoms with Crippen LogP contribution >= 0.6 is 23.2 Å². The molecule has 0 spiro atoms. The molecule has 41 heavy (non-hydrogen) atoms. The Bertz CT molecular complexity index is 1520. The lowest BCUT2D eigenvalue weighted by molar-refractivity contribution is -0.138. The van der Waals surface area contributed by atoms with Crippen LogP contribution in [-0.4, -0.2) is 57.0 Å². The highest BCUT2D eigenvalue weighted by Crippen LogP contribution is 2.65. The standard InChI is InChI=1S/C31H30Cl2N2O6/c1-4-16-6-9-18(10-7-16)35-26(37)20-12-11-19-21(24(20)27(35)38)15-30(32)28(39)34(3)29(40)31(30,33)25(19)17-8-13-22(36)23(14-17)41-5-2/h6-11,13-14,20-21,24-25,36H,4-5,12,15H2,1-3H3/t20-,21+,24-,25-,30+,31-/m0/s1. The van der Waals surface area contributed by atoms with Crippen molar-refractivity contribution in [3.05, 3.63) is 65.2 Å². The number of rotatable bonds is 5. The summed E-state index contributed by atoms with van der Waals surface area (Å²) >= 11 is 14.4. The van der Waals surface area contributed by atoms with Crippen LogP contribution < -0.4 is 9.64 Å². The Morgan fingerprint density at radius 3 is 2.34 bits per heavy atom. The summed E-state index contributed by atoms with van der Waals surface area (Å²) < 4.78 is 5.61. The summed E-state index contributed by atoms with van der Waals surface area (Å²) in [5.41, 5.74) is 2.78. The van der Waals surface area contributed by atoms with Crippen LogP contribution in [0.1, 0.15) is 43.7 Å². The van der Waals surface area contributed by atoms with Gasteiger partial charge in [-0.3, -0.25) is 29.0 Å². The molecule has 4 aliphatic rings. The summed E-state index contributed by atoms with van der Waals surface area (Å²) in [7, 11) is 1.35. The summed E-state index contributed by atoms with van der Waals surface area (Å²) in [4.78, 5) is 53.4. The van der Waals surface area contributed by atoms with E-state index in [1.54, 1.807) is 31.2 Å². The number of hydrogen-bond donors (Lipinski definition) is 1. The van der Waals surface area contributed by atoms with Crippen LogP contribution in [0, 0.1) is 17.8 Å². The van der Waals surface area contributed by atoms with E-state index in [1.807, 2.05) is 25.1 Å². The molecule has 3 fully saturated rings. The van der Waals surface area contributed by atoms with Crippen LogP contribution in [0.15, 0.2) is 54.1 Å². The number of nitrogens with zero attached hydrogens (tertiary/aromatic N) is 2. The van der Waals surface area contributed by atoms with E-state index in [0.717, 1.165) is 16.9 Å². The van der Waals surface area contributed by atoms with Crippen molar-refractivity contribution in [1.29, 1.82) is 0 Å². The molecular formula is C31H30Cl2N2O6. The van der Waals surface area contributed by atoms with Crippen molar-refractivity contribution < 1.29 is 29.0 Å². The minimum Gasteiger partial charge on any atom is -0.504 e. The number of halogens is 2. The van der Waals surface area contributed by atoms with Crippen molar-refractivity contribution in [3.8, 4) is 11.5 Å². The quantitative estimate of drug-likeness (QED) is 0.308. The van der Waals surface area contributed by atoms with Crippen molar-refractivity contribution in [2.24, 2.45) is 17.8 Å². The largest absolute Gasteiger partial charge is 0.504 e. The number of benzene rings is 2. The van der Waals surface area contributed by atoms with Gasteiger partial charge in [0.05, 0.1) is 24.1 Å². The third kappa shape index (κ3) is 3.66. The third-order valence-electron chi connectivity index (χ3n) is 9.23. The lowest BCUT2D eigenvalue weighted by atomic mass is 9.56. The zero-order valence-corrected chi connectivity index (χ0v) is 24.4. The normalized spacial score (nSPS) is 32.6. The Kier molecular flexibility index (Phi) is 6.51. The number of aromatic hydroxyl groups is 1. The number of likely N-dealkylation sites (tertiary alicyclic amines) is 1. The average molecular weight is 597 g/mol. The number of imide groups is 2. The van der Waals surface area contributed by atoms with Gasteiger partial charge in [0.15, 0.2) is 21.2 Å². The fourth-order valence-corrected chi connectivity index (χ4v) is 8.25. The number of anilines is 1. The van der Waals surface area contributed by atoms with Gasteiger partial charge in [-0.1, -0.05) is 36.8 Å². The SMILES string of the molecule is CCOc1cc([C@H]2C3=CC[C@@H]4C(=O)N(c5ccc(CC)cc5)C(=O)[C@@H]4[C@@H]3C[C@@]3(Cl)C(=O)N(C)C(=O)[C@@]23Cl)ccc1O. The Balaban J connectivity index is 1.49. The van der Waals surface area contributed by atoms with Gasteiger partial charge in [0.2, 0.25) is 11.8 Å². The van der Waals surface area contributed by atoms with Gasteiger partial charge in [0.1, 0.15) is 0 Å². The molecule has 4 amide bonds. The Morgan fingerprint density at radius 2 is 1.68 bits per heavy atom. The number of amides is 4. The summed E-state index contributed by atoms with van der Waals surface area (Å²) in [6.07, 6.45) is 2.91. The topological polar surface area (TPSA) is 104 Å². The molecular weight excluding hydrogens is 567 g/mol. The van der Waals surface area contributed by atoms with E-state index in [4.69, 9.17) is 27.9 Å². The van der Waals surface area contributed by atoms with Gasteiger partial charge in [-0.25, -0.2) is 0 Å². The smallest absolute Gasteiger partial charge is 0.253 e. The second kappa shape index (κ2) is 9.60. The molecule has 2 aromatic carbocycles. The molecule has 2 aliphatic heterocycles. The first-order valence-electron chi connectivity index (χ1n) is 13.8. The summed E-state index contributed by atoms with van der Waals surface area (Å²) in [6, 6.07) is 12.0. The molecule has 6 atom stereocenters. The van der Waals surface area contributed by atoms with E-state index in [-0.39, 0.29) is 42.8 Å². The predicted octanol–water partition coefficient (Wildman–Crippen LogP) is 4.55. The number of phenols is 1. The van der Waals surface area contributed by atoms with Gasteiger partial charge in [0, 0.05) is 13.0 Å². The van der Waals surface area contributed by atoms with E-state index in [1.165, 1.54) is 18.0 Å². The molecule has 0 aromatic heterocycles. The minimum atomic E-state index is -1.89. The summed E-state index contributed by atoms with van der Waals surface area (Å²) in [6.45, 7) is 4.09. The van der Waals surface area contributed by atoms with Crippen molar-refractivity contribution in [2.75, 3.05) is 18.6 Å². The molecule has 2 saturated heterocycles. The van der Waals surface area contributed by atoms with Gasteiger partial charge in [0.25, 0.3) is 11.8 Å². The highest BCUT2D eigenvalue weighted by atomic mass is 35.5. The summed E-state index contributed by atoms with van der Waals surface area (Å²) in [5, 5.41) is 10.4. The van der Waals surface area contributed by atoms with E-state index in [2.05, 4.69) is 0 Å². The van der Waals surface area contributed by atoms with Crippen molar-refractivity contribution >= 4 is 52.5 Å². The number of carbonyl (C=O) groups excluding carboxylic acids is 4. The van der Waals surface area contributed by atoms with Gasteiger partial charge in [-0.15, -0.1) is 23.2 Å². The number of ether oxygens (including phenoxy) is 1. The third-order valence-corrected chi connectivity index (χ3v) is 10.6. The lowest BCUT2D eigenvalue weighted by Crippen LogP contribution is -2.60. The zero-order valence-electron chi connectivity index (χ0n) is 22.9. The van der Waals surface area contributed by atoms with Crippen LogP contribution in [0.4, 0.5) is 5.69 Å². The second-order valence-corrected chi connectivity index (χ2v) is 12.4. The maximum absolute atomic E-state index is 14.1. The van der Waals surface area contributed by atoms with Crippen LogP contribution in [0.2, 0.25) is 0 Å². The number of alkyl halides is 2. The molecule has 2 aromatic rings. The van der Waals surface area contributed by atoms with E-state index < -0.39 is 45.2 Å². The Labute approximate surface area is 247 Å². The molecule has 1 saturated carbocycles. The van der Waals surface area contributed by atoms with E-state index in [0.29, 0.717) is 16.8 Å². The molecule has 0 unspecified atom stereocenters. The number of phenolic OH excluding ortho intramolecular Hbond substituents is 1. The number of hydrogen-bond acceptors (Lipinski definition) is 6. The molecule has 214 valence electrons. The van der Waals surface area contributed by atoms with Crippen LogP contribution in [0.3, 0.4) is 0 Å². The molecule has 0 bridgehead atoms. The van der Waals surface area contributed by atoms with E-state index >= 15 is 0 Å².